The molecule has 0 atom stereocenters. The zero-order chi connectivity index (χ0) is 13.7. The summed E-state index contributed by atoms with van der Waals surface area (Å²) in [6.07, 6.45) is 0. The molecule has 2 rings (SSSR count). The number of carboxylic acid groups (broad SMARTS) is 1. The molecular weight excluding hydrogens is 264 g/mol. The molecule has 0 saturated carbocycles. The van der Waals surface area contributed by atoms with Crippen LogP contribution >= 0.6 is 11.3 Å². The summed E-state index contributed by atoms with van der Waals surface area (Å²) in [5.74, 6) is 0.480. The molecule has 4 nitrogen and oxygen atoms in total. The van der Waals surface area contributed by atoms with Crippen molar-refractivity contribution in [2.75, 3.05) is 6.61 Å². The van der Waals surface area contributed by atoms with Crippen molar-refractivity contribution in [3.05, 3.63) is 46.2 Å². The van der Waals surface area contributed by atoms with Crippen molar-refractivity contribution in [3.63, 3.8) is 0 Å². The molecule has 1 heterocycles. The van der Waals surface area contributed by atoms with Crippen LogP contribution in [0.2, 0.25) is 0 Å². The van der Waals surface area contributed by atoms with Gasteiger partial charge >= 0.3 is 5.97 Å². The number of hydrogen-bond acceptors (Lipinski definition) is 4. The average Bonchev–Trinajstić information content (AvgIpc) is 2.86. The van der Waals surface area contributed by atoms with E-state index >= 15 is 0 Å². The van der Waals surface area contributed by atoms with Gasteiger partial charge in [-0.25, -0.2) is 4.79 Å². The van der Waals surface area contributed by atoms with Crippen molar-refractivity contribution in [1.29, 1.82) is 0 Å². The fraction of sp³-hybridized carbons (Fsp3) is 0.214. The summed E-state index contributed by atoms with van der Waals surface area (Å²) in [6.45, 7) is 2.75. The van der Waals surface area contributed by atoms with Gasteiger partial charge in [0.1, 0.15) is 23.0 Å². The highest BCUT2D eigenvalue weighted by atomic mass is 32.1. The van der Waals surface area contributed by atoms with Crippen molar-refractivity contribution < 1.29 is 19.4 Å². The van der Waals surface area contributed by atoms with Gasteiger partial charge in [0.05, 0.1) is 6.61 Å². The molecule has 5 heteroatoms. The van der Waals surface area contributed by atoms with Gasteiger partial charge in [-0.3, -0.25) is 0 Å². The Morgan fingerprint density at radius 3 is 2.68 bits per heavy atom. The number of rotatable bonds is 6. The van der Waals surface area contributed by atoms with E-state index in [-0.39, 0.29) is 6.61 Å². The molecule has 0 aliphatic rings. The minimum absolute atomic E-state index is 0.237. The maximum atomic E-state index is 11.0. The lowest BCUT2D eigenvalue weighted by atomic mass is 10.2. The van der Waals surface area contributed by atoms with Crippen LogP contribution < -0.4 is 9.47 Å². The van der Waals surface area contributed by atoms with Gasteiger partial charge in [0.2, 0.25) is 0 Å². The summed E-state index contributed by atoms with van der Waals surface area (Å²) >= 11 is 1.20. The number of thiophene rings is 1. The first kappa shape index (κ1) is 13.4. The number of aromatic carboxylic acids is 1. The minimum Gasteiger partial charge on any atom is -0.494 e. The van der Waals surface area contributed by atoms with Crippen molar-refractivity contribution >= 4 is 17.3 Å². The predicted molar refractivity (Wildman–Crippen MR) is 73.2 cm³/mol. The quantitative estimate of drug-likeness (QED) is 0.879. The molecule has 2 aromatic rings. The Morgan fingerprint density at radius 1 is 1.26 bits per heavy atom. The van der Waals surface area contributed by atoms with Crippen LogP contribution in [-0.2, 0) is 6.61 Å². The van der Waals surface area contributed by atoms with E-state index in [4.69, 9.17) is 14.6 Å². The number of ether oxygens (including phenoxy) is 2. The maximum absolute atomic E-state index is 11.0. The highest BCUT2D eigenvalue weighted by Gasteiger charge is 2.11. The zero-order valence-corrected chi connectivity index (χ0v) is 11.3. The van der Waals surface area contributed by atoms with Gasteiger partial charge in [0.15, 0.2) is 0 Å². The van der Waals surface area contributed by atoms with Crippen molar-refractivity contribution in [2.24, 2.45) is 0 Å². The normalized spacial score (nSPS) is 10.2. The lowest BCUT2D eigenvalue weighted by Crippen LogP contribution is -2.02. The Kier molecular flexibility index (Phi) is 4.41. The van der Waals surface area contributed by atoms with Crippen LogP contribution in [0.3, 0.4) is 0 Å². The smallest absolute Gasteiger partial charge is 0.346 e. The molecule has 0 aliphatic carbocycles. The largest absolute Gasteiger partial charge is 0.494 e. The van der Waals surface area contributed by atoms with E-state index in [2.05, 4.69) is 0 Å². The summed E-state index contributed by atoms with van der Waals surface area (Å²) in [7, 11) is 0. The SMILES string of the molecule is CCOc1cccc(OCc2ccsc2C(=O)O)c1. The molecule has 0 saturated heterocycles. The van der Waals surface area contributed by atoms with Crippen LogP contribution in [0.4, 0.5) is 0 Å². The third-order valence-corrected chi connectivity index (χ3v) is 3.40. The first-order valence-corrected chi connectivity index (χ1v) is 6.74. The molecule has 0 radical (unpaired) electrons. The van der Waals surface area contributed by atoms with E-state index in [9.17, 15) is 4.79 Å². The van der Waals surface area contributed by atoms with Gasteiger partial charge in [-0.15, -0.1) is 11.3 Å². The molecule has 1 aromatic heterocycles. The average molecular weight is 278 g/mol. The summed E-state index contributed by atoms with van der Waals surface area (Å²) in [4.78, 5) is 11.3. The van der Waals surface area contributed by atoms with Crippen LogP contribution in [-0.4, -0.2) is 17.7 Å². The van der Waals surface area contributed by atoms with Crippen LogP contribution in [0.15, 0.2) is 35.7 Å². The fourth-order valence-electron chi connectivity index (χ4n) is 1.62. The van der Waals surface area contributed by atoms with E-state index < -0.39 is 5.97 Å². The second-order valence-corrected chi connectivity index (χ2v) is 4.69. The van der Waals surface area contributed by atoms with E-state index in [1.807, 2.05) is 25.1 Å². The number of carboxylic acids is 1. The van der Waals surface area contributed by atoms with Gasteiger partial charge in [-0.2, -0.15) is 0 Å². The Hall–Kier alpha value is -2.01. The molecule has 100 valence electrons. The zero-order valence-electron chi connectivity index (χ0n) is 10.5. The Morgan fingerprint density at radius 2 is 2.00 bits per heavy atom. The standard InChI is InChI=1S/C14H14O4S/c1-2-17-11-4-3-5-12(8-11)18-9-10-6-7-19-13(10)14(15)16/h3-8H,2,9H2,1H3,(H,15,16). The predicted octanol–water partition coefficient (Wildman–Crippen LogP) is 3.42. The van der Waals surface area contributed by atoms with Gasteiger partial charge in [0, 0.05) is 11.6 Å². The van der Waals surface area contributed by atoms with Crippen LogP contribution in [0.5, 0.6) is 11.5 Å². The Bertz CT molecular complexity index is 562. The summed E-state index contributed by atoms with van der Waals surface area (Å²) in [6, 6.07) is 9.06. The Balaban J connectivity index is 2.04. The third-order valence-electron chi connectivity index (χ3n) is 2.45. The lowest BCUT2D eigenvalue weighted by molar-refractivity contribution is 0.0699. The van der Waals surface area contributed by atoms with E-state index in [1.165, 1.54) is 11.3 Å². The molecule has 0 bridgehead atoms. The van der Waals surface area contributed by atoms with E-state index in [1.54, 1.807) is 17.5 Å². The molecule has 0 unspecified atom stereocenters. The molecular formula is C14H14O4S. The highest BCUT2D eigenvalue weighted by molar-refractivity contribution is 7.12. The number of carbonyl (C=O) groups is 1. The number of hydrogen-bond donors (Lipinski definition) is 1. The van der Waals surface area contributed by atoms with Crippen molar-refractivity contribution in [3.8, 4) is 11.5 Å². The molecule has 19 heavy (non-hydrogen) atoms. The lowest BCUT2D eigenvalue weighted by Gasteiger charge is -2.08. The molecule has 0 amide bonds. The monoisotopic (exact) mass is 278 g/mol. The summed E-state index contributed by atoms with van der Waals surface area (Å²) in [5.41, 5.74) is 0.680. The second kappa shape index (κ2) is 6.24. The van der Waals surface area contributed by atoms with Crippen LogP contribution in [0, 0.1) is 0 Å². The van der Waals surface area contributed by atoms with Gasteiger partial charge in [-0.05, 0) is 30.5 Å². The number of benzene rings is 1. The van der Waals surface area contributed by atoms with Gasteiger partial charge < -0.3 is 14.6 Å². The Labute approximate surface area is 115 Å². The topological polar surface area (TPSA) is 55.8 Å². The third kappa shape index (κ3) is 3.48. The van der Waals surface area contributed by atoms with Crippen molar-refractivity contribution in [2.45, 2.75) is 13.5 Å². The molecule has 1 N–H and O–H groups in total. The second-order valence-electron chi connectivity index (χ2n) is 3.78. The molecule has 0 spiro atoms. The maximum Gasteiger partial charge on any atom is 0.346 e. The minimum atomic E-state index is -0.920. The fourth-order valence-corrected chi connectivity index (χ4v) is 2.37. The van der Waals surface area contributed by atoms with Crippen LogP contribution in [0.1, 0.15) is 22.2 Å². The summed E-state index contributed by atoms with van der Waals surface area (Å²) < 4.78 is 11.0. The molecule has 1 aromatic carbocycles. The molecule has 0 aliphatic heterocycles. The first-order chi connectivity index (χ1) is 9.20. The van der Waals surface area contributed by atoms with E-state index in [0.717, 1.165) is 5.75 Å². The van der Waals surface area contributed by atoms with E-state index in [0.29, 0.717) is 22.8 Å². The van der Waals surface area contributed by atoms with Gasteiger partial charge in [-0.1, -0.05) is 6.07 Å². The van der Waals surface area contributed by atoms with Crippen molar-refractivity contribution in [1.82, 2.24) is 0 Å². The first-order valence-electron chi connectivity index (χ1n) is 5.86. The highest BCUT2D eigenvalue weighted by Crippen LogP contribution is 2.22. The van der Waals surface area contributed by atoms with Crippen LogP contribution in [0.25, 0.3) is 0 Å². The van der Waals surface area contributed by atoms with Gasteiger partial charge in [0.25, 0.3) is 0 Å². The summed E-state index contributed by atoms with van der Waals surface area (Å²) in [5, 5.41) is 10.7. The molecule has 0 fully saturated rings.